The fourth-order valence-corrected chi connectivity index (χ4v) is 7.00. The number of aromatic nitrogens is 2. The number of carbonyl (C=O) groups excluding carboxylic acids is 2. The Morgan fingerprint density at radius 1 is 0.608 bits per heavy atom. The molecule has 2 aliphatic rings. The van der Waals surface area contributed by atoms with E-state index in [0.29, 0.717) is 29.0 Å². The van der Waals surface area contributed by atoms with Crippen molar-refractivity contribution >= 4 is 47.1 Å². The van der Waals surface area contributed by atoms with E-state index in [-0.39, 0.29) is 37.5 Å². The minimum Gasteiger partial charge on any atom is -0.481 e. The average Bonchev–Trinajstić information content (AvgIpc) is 3.75. The van der Waals surface area contributed by atoms with Crippen LogP contribution in [0.4, 0.5) is 0 Å². The first-order chi connectivity index (χ1) is 24.4. The predicted octanol–water partition coefficient (Wildman–Crippen LogP) is 6.47. The van der Waals surface area contributed by atoms with Gasteiger partial charge < -0.3 is 30.8 Å². The third-order valence-electron chi connectivity index (χ3n) is 9.73. The number of carboxylic acids is 2. The standard InChI is InChI=1S/C41H40N4O6/c1-22-28(15-17-36(46)47)33(42-30(22)19-32-24(3)39(41(51)44-32)27-13-9-6-10-14-27)21-34-29(16-18-37(48)49)23(2)31(43-34)20-35-38(25(4)40(50)45-35)26-11-7-5-8-12-26/h5-14,19-20,42-43H,15-18,21H2,1-4H3,(H,44,51)(H,45,50)(H,46,47)(H,48,49). The zero-order valence-electron chi connectivity index (χ0n) is 29.0. The van der Waals surface area contributed by atoms with E-state index < -0.39 is 11.9 Å². The number of aliphatic carboxylic acids is 2. The Labute approximate surface area is 295 Å². The number of benzene rings is 2. The van der Waals surface area contributed by atoms with Gasteiger partial charge in [0.2, 0.25) is 0 Å². The summed E-state index contributed by atoms with van der Waals surface area (Å²) in [5, 5.41) is 25.2. The van der Waals surface area contributed by atoms with Gasteiger partial charge in [-0.25, -0.2) is 0 Å². The Bertz CT molecular complexity index is 2200. The Balaban J connectivity index is 1.41. The summed E-state index contributed by atoms with van der Waals surface area (Å²) in [6.45, 7) is 7.55. The lowest BCUT2D eigenvalue weighted by Crippen LogP contribution is -2.15. The molecule has 0 unspecified atom stereocenters. The highest BCUT2D eigenvalue weighted by atomic mass is 16.4. The molecule has 2 aliphatic heterocycles. The molecule has 2 aromatic carbocycles. The molecule has 2 amide bonds. The summed E-state index contributed by atoms with van der Waals surface area (Å²) in [5.41, 5.74) is 12.3. The molecule has 0 saturated carbocycles. The Morgan fingerprint density at radius 2 is 1.06 bits per heavy atom. The normalized spacial score (nSPS) is 16.1. The van der Waals surface area contributed by atoms with Crippen molar-refractivity contribution in [2.75, 3.05) is 0 Å². The minimum absolute atomic E-state index is 0.0733. The second-order valence-electron chi connectivity index (χ2n) is 13.0. The van der Waals surface area contributed by atoms with Crippen LogP contribution in [-0.4, -0.2) is 43.9 Å². The molecular weight excluding hydrogens is 644 g/mol. The summed E-state index contributed by atoms with van der Waals surface area (Å²) in [6, 6.07) is 19.1. The van der Waals surface area contributed by atoms with E-state index in [9.17, 15) is 29.4 Å². The van der Waals surface area contributed by atoms with Gasteiger partial charge >= 0.3 is 11.9 Å². The molecule has 0 bridgehead atoms. The van der Waals surface area contributed by atoms with Crippen molar-refractivity contribution < 1.29 is 29.4 Å². The fourth-order valence-electron chi connectivity index (χ4n) is 7.00. The summed E-state index contributed by atoms with van der Waals surface area (Å²) in [7, 11) is 0. The lowest BCUT2D eigenvalue weighted by Gasteiger charge is -2.07. The van der Waals surface area contributed by atoms with Gasteiger partial charge in [-0.1, -0.05) is 60.7 Å². The molecule has 0 saturated heterocycles. The highest BCUT2D eigenvalue weighted by Gasteiger charge is 2.28. The maximum absolute atomic E-state index is 13.0. The van der Waals surface area contributed by atoms with Gasteiger partial charge in [0.05, 0.1) is 11.3 Å². The van der Waals surface area contributed by atoms with E-state index in [2.05, 4.69) is 20.6 Å². The summed E-state index contributed by atoms with van der Waals surface area (Å²) in [5.74, 6) is -2.20. The lowest BCUT2D eigenvalue weighted by atomic mass is 9.97. The highest BCUT2D eigenvalue weighted by Crippen LogP contribution is 2.35. The van der Waals surface area contributed by atoms with Gasteiger partial charge in [0.1, 0.15) is 0 Å². The molecule has 4 aromatic rings. The maximum Gasteiger partial charge on any atom is 0.303 e. The third-order valence-corrected chi connectivity index (χ3v) is 9.73. The van der Waals surface area contributed by atoms with Crippen LogP contribution in [0.25, 0.3) is 23.3 Å². The molecule has 10 nitrogen and oxygen atoms in total. The van der Waals surface area contributed by atoms with E-state index in [1.807, 2.05) is 93.6 Å². The zero-order valence-corrected chi connectivity index (χ0v) is 29.0. The van der Waals surface area contributed by atoms with Crippen LogP contribution in [0.15, 0.2) is 83.2 Å². The number of rotatable bonds is 12. The molecule has 4 heterocycles. The number of amides is 2. The second-order valence-corrected chi connectivity index (χ2v) is 13.0. The quantitative estimate of drug-likeness (QED) is 0.100. The maximum atomic E-state index is 13.0. The number of H-pyrrole nitrogens is 2. The van der Waals surface area contributed by atoms with Crippen molar-refractivity contribution in [3.05, 3.63) is 139 Å². The van der Waals surface area contributed by atoms with Gasteiger partial charge in [-0.3, -0.25) is 19.2 Å². The summed E-state index contributed by atoms with van der Waals surface area (Å²) in [4.78, 5) is 56.3. The van der Waals surface area contributed by atoms with Crippen LogP contribution in [-0.2, 0) is 38.4 Å². The first kappa shape index (κ1) is 34.7. The largest absolute Gasteiger partial charge is 0.481 e. The molecule has 6 N–H and O–H groups in total. The predicted molar refractivity (Wildman–Crippen MR) is 196 cm³/mol. The Kier molecular flexibility index (Phi) is 9.77. The Morgan fingerprint density at radius 3 is 1.55 bits per heavy atom. The van der Waals surface area contributed by atoms with Gasteiger partial charge in [0.15, 0.2) is 0 Å². The number of nitrogens with one attached hydrogen (secondary N) is 4. The molecule has 0 aliphatic carbocycles. The van der Waals surface area contributed by atoms with Crippen LogP contribution in [0, 0.1) is 13.8 Å². The van der Waals surface area contributed by atoms with Crippen LogP contribution in [0.2, 0.25) is 0 Å². The van der Waals surface area contributed by atoms with Gasteiger partial charge in [-0.15, -0.1) is 0 Å². The summed E-state index contributed by atoms with van der Waals surface area (Å²) >= 11 is 0. The third kappa shape index (κ3) is 7.12. The fraction of sp³-hybridized carbons (Fsp3) is 0.220. The van der Waals surface area contributed by atoms with Crippen LogP contribution in [0.3, 0.4) is 0 Å². The topological polar surface area (TPSA) is 164 Å². The lowest BCUT2D eigenvalue weighted by molar-refractivity contribution is -0.138. The molecule has 0 spiro atoms. The summed E-state index contributed by atoms with van der Waals surface area (Å²) < 4.78 is 0. The zero-order chi connectivity index (χ0) is 36.4. The van der Waals surface area contributed by atoms with Gasteiger partial charge in [-0.2, -0.15) is 0 Å². The second kappa shape index (κ2) is 14.4. The first-order valence-corrected chi connectivity index (χ1v) is 16.9. The molecule has 10 heteroatoms. The van der Waals surface area contributed by atoms with E-state index in [4.69, 9.17) is 0 Å². The van der Waals surface area contributed by atoms with Gasteiger partial charge in [0.25, 0.3) is 11.8 Å². The van der Waals surface area contributed by atoms with Crippen molar-refractivity contribution in [1.82, 2.24) is 20.6 Å². The minimum atomic E-state index is -0.918. The van der Waals surface area contributed by atoms with Crippen LogP contribution < -0.4 is 10.6 Å². The van der Waals surface area contributed by atoms with E-state index in [0.717, 1.165) is 67.3 Å². The monoisotopic (exact) mass is 684 g/mol. The van der Waals surface area contributed by atoms with Crippen LogP contribution in [0.1, 0.15) is 82.8 Å². The molecule has 51 heavy (non-hydrogen) atoms. The number of hydrogen-bond donors (Lipinski definition) is 6. The van der Waals surface area contributed by atoms with E-state index in [1.54, 1.807) is 6.92 Å². The molecule has 260 valence electrons. The van der Waals surface area contributed by atoms with Gasteiger partial charge in [0, 0.05) is 58.9 Å². The average molecular weight is 685 g/mol. The SMILES string of the molecule is CC1=C(c2ccccc2)C(=O)NC1=Cc1[nH]c(Cc2[nH]c(C=C3NC(=O)C(C)=C3c3ccccc3)c(C)c2CCC(=O)O)c(CCC(=O)O)c1C. The molecule has 6 rings (SSSR count). The van der Waals surface area contributed by atoms with Crippen molar-refractivity contribution in [1.29, 1.82) is 0 Å². The summed E-state index contributed by atoms with van der Waals surface area (Å²) in [6.07, 6.45) is 4.54. The van der Waals surface area contributed by atoms with E-state index >= 15 is 0 Å². The number of allylic oxidation sites excluding steroid dienone is 2. The highest BCUT2D eigenvalue weighted by molar-refractivity contribution is 6.25. The number of hydrogen-bond acceptors (Lipinski definition) is 4. The van der Waals surface area contributed by atoms with E-state index in [1.165, 1.54) is 0 Å². The number of carbonyl (C=O) groups is 4. The molecule has 0 atom stereocenters. The van der Waals surface area contributed by atoms with Crippen molar-refractivity contribution in [3.63, 3.8) is 0 Å². The Hall–Kier alpha value is -6.16. The number of aromatic amines is 2. The number of carboxylic acid groups (broad SMARTS) is 2. The van der Waals surface area contributed by atoms with Crippen molar-refractivity contribution in [2.45, 2.75) is 59.8 Å². The molecule has 0 fully saturated rings. The van der Waals surface area contributed by atoms with Gasteiger partial charge in [-0.05, 0) is 91.6 Å². The van der Waals surface area contributed by atoms with Crippen molar-refractivity contribution in [3.8, 4) is 0 Å². The smallest absolute Gasteiger partial charge is 0.303 e. The first-order valence-electron chi connectivity index (χ1n) is 16.9. The molecule has 0 radical (unpaired) electrons. The van der Waals surface area contributed by atoms with Crippen LogP contribution >= 0.6 is 0 Å². The van der Waals surface area contributed by atoms with Crippen LogP contribution in [0.5, 0.6) is 0 Å². The molecular formula is C41H40N4O6. The van der Waals surface area contributed by atoms with Crippen molar-refractivity contribution in [2.24, 2.45) is 0 Å². The molecule has 2 aromatic heterocycles.